The molecule has 2 aliphatic rings. The fraction of sp³-hybridized carbons (Fsp3) is 0.455. The van der Waals surface area contributed by atoms with Gasteiger partial charge < -0.3 is 4.74 Å². The smallest absolute Gasteiger partial charge is 0.243 e. The summed E-state index contributed by atoms with van der Waals surface area (Å²) < 4.78 is 5.51. The van der Waals surface area contributed by atoms with Crippen LogP contribution in [0, 0.1) is 0 Å². The van der Waals surface area contributed by atoms with Gasteiger partial charge in [0.2, 0.25) is 18.0 Å². The van der Waals surface area contributed by atoms with Crippen LogP contribution in [0.4, 0.5) is 0 Å². The number of ether oxygens (including phenoxy) is 1. The normalized spacial score (nSPS) is 24.7. The highest BCUT2D eigenvalue weighted by Crippen LogP contribution is 2.23. The van der Waals surface area contributed by atoms with E-state index >= 15 is 0 Å². The summed E-state index contributed by atoms with van der Waals surface area (Å²) in [5.74, 6) is 0.437. The van der Waals surface area contributed by atoms with Crippen molar-refractivity contribution in [3.63, 3.8) is 0 Å². The molecule has 2 rings (SSSR count). The Balaban J connectivity index is 2.19. The fourth-order valence-corrected chi connectivity index (χ4v) is 1.70. The molecule has 0 saturated heterocycles. The van der Waals surface area contributed by atoms with Crippen molar-refractivity contribution in [2.75, 3.05) is 0 Å². The molecule has 0 bridgehead atoms. The Morgan fingerprint density at radius 1 is 1.60 bits per heavy atom. The predicted octanol–water partition coefficient (Wildman–Crippen LogP) is 1.80. The van der Waals surface area contributed by atoms with Crippen LogP contribution in [0.25, 0.3) is 0 Å². The van der Waals surface area contributed by atoms with Gasteiger partial charge in [-0.05, 0) is 12.8 Å². The van der Waals surface area contributed by atoms with E-state index in [-0.39, 0.29) is 12.1 Å². The van der Waals surface area contributed by atoms with Gasteiger partial charge in [-0.3, -0.25) is 4.79 Å². The van der Waals surface area contributed by atoms with E-state index in [1.165, 1.54) is 11.9 Å². The van der Waals surface area contributed by atoms with Crippen LogP contribution in [0.15, 0.2) is 28.9 Å². The summed E-state index contributed by atoms with van der Waals surface area (Å²) in [5.41, 5.74) is 1.01. The standard InChI is InChI=1S/C11H14N2O2/c1-8-12-13(9(2)14)11(15-8)10-6-4-3-5-7-10/h4,6-7,11H,3,5H2,1-2H3. The number of carbonyl (C=O) groups excluding carboxylic acids is 1. The van der Waals surface area contributed by atoms with Crippen molar-refractivity contribution < 1.29 is 9.53 Å². The maximum Gasteiger partial charge on any atom is 0.243 e. The number of allylic oxidation sites excluding steroid dienone is 2. The third-order valence-corrected chi connectivity index (χ3v) is 2.38. The molecular weight excluding hydrogens is 192 g/mol. The van der Waals surface area contributed by atoms with Crippen molar-refractivity contribution in [3.8, 4) is 0 Å². The van der Waals surface area contributed by atoms with E-state index in [1.54, 1.807) is 6.92 Å². The number of hydrazone groups is 1. The van der Waals surface area contributed by atoms with Crippen molar-refractivity contribution in [1.29, 1.82) is 0 Å². The zero-order chi connectivity index (χ0) is 10.8. The van der Waals surface area contributed by atoms with E-state index < -0.39 is 0 Å². The highest BCUT2D eigenvalue weighted by atomic mass is 16.5. The van der Waals surface area contributed by atoms with Crippen molar-refractivity contribution in [3.05, 3.63) is 23.8 Å². The third-order valence-electron chi connectivity index (χ3n) is 2.38. The molecule has 1 unspecified atom stereocenters. The molecular formula is C11H14N2O2. The summed E-state index contributed by atoms with van der Waals surface area (Å²) in [6.07, 6.45) is 7.86. The third kappa shape index (κ3) is 1.93. The quantitative estimate of drug-likeness (QED) is 0.656. The Labute approximate surface area is 88.9 Å². The highest BCUT2D eigenvalue weighted by molar-refractivity contribution is 5.81. The average molecular weight is 206 g/mol. The first-order valence-corrected chi connectivity index (χ1v) is 5.07. The Kier molecular flexibility index (Phi) is 2.58. The number of hydrogen-bond acceptors (Lipinski definition) is 3. The molecule has 0 aromatic rings. The monoisotopic (exact) mass is 206 g/mol. The van der Waals surface area contributed by atoms with Crippen LogP contribution >= 0.6 is 0 Å². The van der Waals surface area contributed by atoms with Gasteiger partial charge in [-0.25, -0.2) is 0 Å². The summed E-state index contributed by atoms with van der Waals surface area (Å²) in [6, 6.07) is 0. The molecule has 0 saturated carbocycles. The molecule has 0 fully saturated rings. The molecule has 1 atom stereocenters. The minimum atomic E-state index is -0.362. The minimum Gasteiger partial charge on any atom is -0.450 e. The SMILES string of the molecule is CC(=O)N1N=C(C)OC1C1=CCCC=C1. The van der Waals surface area contributed by atoms with Gasteiger partial charge in [-0.15, -0.1) is 5.10 Å². The number of nitrogens with zero attached hydrogens (tertiary/aromatic N) is 2. The molecule has 0 N–H and O–H groups in total. The van der Waals surface area contributed by atoms with Crippen LogP contribution in [-0.4, -0.2) is 23.0 Å². The molecule has 4 nitrogen and oxygen atoms in total. The van der Waals surface area contributed by atoms with Crippen molar-refractivity contribution in [2.45, 2.75) is 32.9 Å². The molecule has 1 aliphatic carbocycles. The summed E-state index contributed by atoms with van der Waals surface area (Å²) in [4.78, 5) is 11.3. The van der Waals surface area contributed by atoms with Crippen LogP contribution in [0.5, 0.6) is 0 Å². The predicted molar refractivity (Wildman–Crippen MR) is 57.0 cm³/mol. The molecule has 1 aliphatic heterocycles. The van der Waals surface area contributed by atoms with E-state index in [9.17, 15) is 4.79 Å². The van der Waals surface area contributed by atoms with Crippen LogP contribution in [0.3, 0.4) is 0 Å². The number of rotatable bonds is 1. The van der Waals surface area contributed by atoms with Crippen molar-refractivity contribution in [1.82, 2.24) is 5.01 Å². The lowest BCUT2D eigenvalue weighted by Gasteiger charge is -2.21. The van der Waals surface area contributed by atoms with E-state index in [2.05, 4.69) is 17.3 Å². The molecule has 0 aromatic heterocycles. The summed E-state index contributed by atoms with van der Waals surface area (Å²) in [7, 11) is 0. The van der Waals surface area contributed by atoms with Gasteiger partial charge in [0.15, 0.2) is 0 Å². The molecule has 0 spiro atoms. The first-order valence-electron chi connectivity index (χ1n) is 5.07. The summed E-state index contributed by atoms with van der Waals surface area (Å²) in [5, 5.41) is 5.43. The van der Waals surface area contributed by atoms with Crippen LogP contribution in [-0.2, 0) is 9.53 Å². The lowest BCUT2D eigenvalue weighted by atomic mass is 10.1. The highest BCUT2D eigenvalue weighted by Gasteiger charge is 2.31. The first-order chi connectivity index (χ1) is 7.18. The number of amides is 1. The largest absolute Gasteiger partial charge is 0.450 e. The molecule has 0 aromatic carbocycles. The van der Waals surface area contributed by atoms with Crippen molar-refractivity contribution >= 4 is 11.8 Å². The van der Waals surface area contributed by atoms with Crippen LogP contribution in [0.2, 0.25) is 0 Å². The van der Waals surface area contributed by atoms with Gasteiger partial charge in [0.25, 0.3) is 0 Å². The number of carbonyl (C=O) groups is 1. The van der Waals surface area contributed by atoms with Gasteiger partial charge in [0, 0.05) is 19.4 Å². The van der Waals surface area contributed by atoms with Crippen LogP contribution in [0.1, 0.15) is 26.7 Å². The Hall–Kier alpha value is -1.58. The summed E-state index contributed by atoms with van der Waals surface area (Å²) in [6.45, 7) is 3.24. The van der Waals surface area contributed by atoms with Gasteiger partial charge >= 0.3 is 0 Å². The van der Waals surface area contributed by atoms with Gasteiger partial charge in [0.05, 0.1) is 0 Å². The maximum absolute atomic E-state index is 11.3. The maximum atomic E-state index is 11.3. The van der Waals surface area contributed by atoms with Gasteiger partial charge in [-0.1, -0.05) is 18.2 Å². The minimum absolute atomic E-state index is 0.100. The zero-order valence-electron chi connectivity index (χ0n) is 8.93. The van der Waals surface area contributed by atoms with Crippen molar-refractivity contribution in [2.24, 2.45) is 5.10 Å². The van der Waals surface area contributed by atoms with Crippen LogP contribution < -0.4 is 0 Å². The van der Waals surface area contributed by atoms with E-state index in [1.807, 2.05) is 6.08 Å². The van der Waals surface area contributed by atoms with Gasteiger partial charge in [0.1, 0.15) is 0 Å². The number of hydrogen-bond donors (Lipinski definition) is 0. The second-order valence-electron chi connectivity index (χ2n) is 3.64. The van der Waals surface area contributed by atoms with E-state index in [4.69, 9.17) is 4.74 Å². The Bertz CT molecular complexity index is 369. The molecule has 80 valence electrons. The lowest BCUT2D eigenvalue weighted by molar-refractivity contribution is -0.133. The lowest BCUT2D eigenvalue weighted by Crippen LogP contribution is -2.33. The molecule has 1 amide bonds. The molecule has 15 heavy (non-hydrogen) atoms. The zero-order valence-corrected chi connectivity index (χ0v) is 8.93. The second-order valence-corrected chi connectivity index (χ2v) is 3.64. The summed E-state index contributed by atoms with van der Waals surface area (Å²) >= 11 is 0. The first kappa shape index (κ1) is 9.96. The molecule has 1 heterocycles. The van der Waals surface area contributed by atoms with E-state index in [0.29, 0.717) is 5.90 Å². The molecule has 0 radical (unpaired) electrons. The van der Waals surface area contributed by atoms with Gasteiger partial charge in [-0.2, -0.15) is 5.01 Å². The van der Waals surface area contributed by atoms with E-state index in [0.717, 1.165) is 18.4 Å². The Morgan fingerprint density at radius 3 is 3.00 bits per heavy atom. The fourth-order valence-electron chi connectivity index (χ4n) is 1.70. The molecule has 4 heteroatoms. The topological polar surface area (TPSA) is 41.9 Å². The average Bonchev–Trinajstić information content (AvgIpc) is 2.62. The Morgan fingerprint density at radius 2 is 2.40 bits per heavy atom. The second kappa shape index (κ2) is 3.88.